The fraction of sp³-hybridized carbons (Fsp3) is 0.571. The molecule has 0 saturated carbocycles. The second kappa shape index (κ2) is 8.39. The summed E-state index contributed by atoms with van der Waals surface area (Å²) in [5.41, 5.74) is 1.11. The Morgan fingerprint density at radius 1 is 1.14 bits per heavy atom. The van der Waals surface area contributed by atoms with Crippen LogP contribution in [0.25, 0.3) is 0 Å². The van der Waals surface area contributed by atoms with E-state index in [4.69, 9.17) is 0 Å². The normalized spacial score (nSPS) is 16.6. The van der Waals surface area contributed by atoms with Crippen molar-refractivity contribution in [1.29, 1.82) is 0 Å². The van der Waals surface area contributed by atoms with E-state index in [9.17, 15) is 13.0 Å². The number of anilines is 2. The minimum Gasteiger partial charge on any atom is -0.744 e. The van der Waals surface area contributed by atoms with Crippen LogP contribution in [-0.4, -0.2) is 19.1 Å². The number of hydrogen-bond donors (Lipinski definition) is 2. The van der Waals surface area contributed by atoms with E-state index in [0.29, 0.717) is 11.4 Å². The fourth-order valence-corrected chi connectivity index (χ4v) is 3.17. The molecule has 1 aromatic rings. The van der Waals surface area contributed by atoms with Gasteiger partial charge in [0.1, 0.15) is 10.1 Å². The van der Waals surface area contributed by atoms with Crippen LogP contribution in [0.2, 0.25) is 0 Å². The third-order valence-corrected chi connectivity index (χ3v) is 4.42. The smallest absolute Gasteiger partial charge is 0.744 e. The molecule has 1 unspecified atom stereocenters. The summed E-state index contributed by atoms with van der Waals surface area (Å²) in [4.78, 5) is -0.170. The average Bonchev–Trinajstić information content (AvgIpc) is 2.79. The first kappa shape index (κ1) is 18.8. The number of nitrogens with one attached hydrogen (secondary N) is 2. The molecule has 0 bridgehead atoms. The Morgan fingerprint density at radius 2 is 1.86 bits per heavy atom. The molecular formula is C14H21N2NaO3S. The molecule has 1 aromatic carbocycles. The zero-order valence-corrected chi connectivity index (χ0v) is 15.5. The number of para-hydroxylation sites is 1. The number of unbranched alkanes of at least 4 members (excludes halogenated alkanes) is 4. The number of hydrogen-bond acceptors (Lipinski definition) is 5. The fourth-order valence-electron chi connectivity index (χ4n) is 2.50. The van der Waals surface area contributed by atoms with E-state index >= 15 is 0 Å². The van der Waals surface area contributed by atoms with Crippen LogP contribution < -0.4 is 40.2 Å². The van der Waals surface area contributed by atoms with Gasteiger partial charge in [-0.15, -0.1) is 0 Å². The van der Waals surface area contributed by atoms with Crippen LogP contribution in [0.1, 0.15) is 45.4 Å². The minimum atomic E-state index is -4.44. The maximum Gasteiger partial charge on any atom is 1.00 e. The van der Waals surface area contributed by atoms with Crippen LogP contribution in [0.3, 0.4) is 0 Å². The number of rotatable bonds is 7. The molecule has 0 aliphatic carbocycles. The van der Waals surface area contributed by atoms with Crippen LogP contribution in [0.5, 0.6) is 0 Å². The van der Waals surface area contributed by atoms with Crippen molar-refractivity contribution in [3.63, 3.8) is 0 Å². The monoisotopic (exact) mass is 320 g/mol. The molecule has 2 N–H and O–H groups in total. The average molecular weight is 320 g/mol. The summed E-state index contributed by atoms with van der Waals surface area (Å²) in [7, 11) is -4.44. The molecule has 112 valence electrons. The van der Waals surface area contributed by atoms with E-state index < -0.39 is 10.1 Å². The van der Waals surface area contributed by atoms with Gasteiger partial charge in [0.25, 0.3) is 0 Å². The van der Waals surface area contributed by atoms with E-state index in [1.165, 1.54) is 31.7 Å². The Morgan fingerprint density at radius 3 is 2.52 bits per heavy atom. The second-order valence-electron chi connectivity index (χ2n) is 5.18. The van der Waals surface area contributed by atoms with E-state index in [-0.39, 0.29) is 40.6 Å². The van der Waals surface area contributed by atoms with Crippen LogP contribution in [-0.2, 0) is 10.1 Å². The predicted molar refractivity (Wildman–Crippen MR) is 78.8 cm³/mol. The van der Waals surface area contributed by atoms with Gasteiger partial charge in [0, 0.05) is 0 Å². The van der Waals surface area contributed by atoms with Gasteiger partial charge in [-0.1, -0.05) is 38.7 Å². The second-order valence-corrected chi connectivity index (χ2v) is 6.53. The van der Waals surface area contributed by atoms with Crippen molar-refractivity contribution in [1.82, 2.24) is 0 Å². The molecule has 0 aromatic heterocycles. The van der Waals surface area contributed by atoms with Gasteiger partial charge >= 0.3 is 29.6 Å². The van der Waals surface area contributed by atoms with E-state index in [0.717, 1.165) is 12.8 Å². The SMILES string of the molecule is CCCCCCCC1Nc2cccc(S(=O)(=O)[O-])c2N1.[Na+]. The Hall–Kier alpha value is -0.270. The summed E-state index contributed by atoms with van der Waals surface area (Å²) >= 11 is 0. The Balaban J connectivity index is 0.00000220. The van der Waals surface area contributed by atoms with Gasteiger partial charge in [-0.2, -0.15) is 0 Å². The maximum absolute atomic E-state index is 11.2. The summed E-state index contributed by atoms with van der Waals surface area (Å²) < 4.78 is 33.6. The molecule has 0 amide bonds. The van der Waals surface area contributed by atoms with Gasteiger partial charge in [0.05, 0.1) is 22.4 Å². The molecular weight excluding hydrogens is 299 g/mol. The summed E-state index contributed by atoms with van der Waals surface area (Å²) in [6, 6.07) is 4.72. The van der Waals surface area contributed by atoms with E-state index in [1.807, 2.05) is 0 Å². The predicted octanol–water partition coefficient (Wildman–Crippen LogP) is 0.119. The maximum atomic E-state index is 11.2. The van der Waals surface area contributed by atoms with Crippen LogP contribution in [0.15, 0.2) is 23.1 Å². The Kier molecular flexibility index (Phi) is 7.50. The van der Waals surface area contributed by atoms with E-state index in [1.54, 1.807) is 12.1 Å². The molecule has 1 atom stereocenters. The molecule has 0 spiro atoms. The van der Waals surface area contributed by atoms with Crippen molar-refractivity contribution in [3.05, 3.63) is 18.2 Å². The van der Waals surface area contributed by atoms with Crippen molar-refractivity contribution in [2.24, 2.45) is 0 Å². The third kappa shape index (κ3) is 5.14. The Labute approximate surface area is 148 Å². The standard InChI is InChI=1S/C14H22N2O3S.Na/c1-2-3-4-5-6-10-13-15-11-8-7-9-12(14(11)16-13)20(17,18)19;/h7-9,13,15-16H,2-6,10H2,1H3,(H,17,18,19);/q;+1/p-1. The van der Waals surface area contributed by atoms with E-state index in [2.05, 4.69) is 17.6 Å². The molecule has 5 nitrogen and oxygen atoms in total. The first-order valence-electron chi connectivity index (χ1n) is 7.14. The quantitative estimate of drug-likeness (QED) is 0.424. The molecule has 21 heavy (non-hydrogen) atoms. The summed E-state index contributed by atoms with van der Waals surface area (Å²) in [6.07, 6.45) is 6.89. The van der Waals surface area contributed by atoms with Gasteiger partial charge < -0.3 is 15.2 Å². The topological polar surface area (TPSA) is 81.3 Å². The molecule has 0 fully saturated rings. The van der Waals surface area contributed by atoms with Gasteiger partial charge in [0.2, 0.25) is 0 Å². The van der Waals surface area contributed by atoms with Crippen molar-refractivity contribution in [2.45, 2.75) is 56.5 Å². The Bertz CT molecular complexity index is 563. The third-order valence-electron chi connectivity index (χ3n) is 3.54. The van der Waals surface area contributed by atoms with Gasteiger partial charge in [-0.05, 0) is 25.0 Å². The van der Waals surface area contributed by atoms with Crippen molar-refractivity contribution in [3.8, 4) is 0 Å². The minimum absolute atomic E-state index is 0. The molecule has 7 heteroatoms. The van der Waals surface area contributed by atoms with Crippen molar-refractivity contribution < 1.29 is 42.5 Å². The van der Waals surface area contributed by atoms with Crippen LogP contribution in [0.4, 0.5) is 11.4 Å². The molecule has 1 heterocycles. The van der Waals surface area contributed by atoms with Gasteiger partial charge in [0.15, 0.2) is 0 Å². The molecule has 1 aliphatic heterocycles. The van der Waals surface area contributed by atoms with Crippen molar-refractivity contribution >= 4 is 21.5 Å². The summed E-state index contributed by atoms with van der Waals surface area (Å²) in [6.45, 7) is 2.18. The van der Waals surface area contributed by atoms with Gasteiger partial charge in [-0.3, -0.25) is 0 Å². The van der Waals surface area contributed by atoms with Gasteiger partial charge in [-0.25, -0.2) is 8.42 Å². The van der Waals surface area contributed by atoms with Crippen LogP contribution in [0, 0.1) is 0 Å². The summed E-state index contributed by atoms with van der Waals surface area (Å²) in [5.74, 6) is 0. The zero-order valence-electron chi connectivity index (χ0n) is 12.7. The van der Waals surface area contributed by atoms with Crippen LogP contribution >= 0.6 is 0 Å². The summed E-state index contributed by atoms with van der Waals surface area (Å²) in [5, 5.41) is 6.33. The zero-order chi connectivity index (χ0) is 14.6. The largest absolute Gasteiger partial charge is 1.00 e. The molecule has 0 radical (unpaired) electrons. The molecule has 1 aliphatic rings. The van der Waals surface area contributed by atoms with Crippen molar-refractivity contribution in [2.75, 3.05) is 10.6 Å². The number of benzene rings is 1. The molecule has 0 saturated heterocycles. The first-order chi connectivity index (χ1) is 9.52. The first-order valence-corrected chi connectivity index (χ1v) is 8.55. The number of fused-ring (bicyclic) bond motifs is 1. The molecule has 2 rings (SSSR count).